The van der Waals surface area contributed by atoms with Gasteiger partial charge in [-0.25, -0.2) is 9.37 Å². The lowest BCUT2D eigenvalue weighted by molar-refractivity contribution is 0.102. The minimum absolute atomic E-state index is 0.143. The highest BCUT2D eigenvalue weighted by Crippen LogP contribution is 2.17. The second-order valence-corrected chi connectivity index (χ2v) is 4.30. The number of phenolic OH excluding ortho intramolecular Hbond substituents is 1. The van der Waals surface area contributed by atoms with Gasteiger partial charge in [0.2, 0.25) is 0 Å². The van der Waals surface area contributed by atoms with Gasteiger partial charge in [-0.05, 0) is 40.2 Å². The molecule has 0 radical (unpaired) electrons. The number of carbonyl (C=O) groups excluding carboxylic acids is 1. The number of phenols is 1. The Morgan fingerprint density at radius 3 is 2.72 bits per heavy atom. The number of aromatic hydroxyl groups is 1. The molecule has 0 aliphatic rings. The van der Waals surface area contributed by atoms with E-state index in [9.17, 15) is 9.18 Å². The van der Waals surface area contributed by atoms with Crippen LogP contribution in [0.1, 0.15) is 10.4 Å². The molecule has 18 heavy (non-hydrogen) atoms. The Morgan fingerprint density at radius 1 is 1.33 bits per heavy atom. The number of anilines is 1. The van der Waals surface area contributed by atoms with Crippen LogP contribution in [0.25, 0.3) is 0 Å². The van der Waals surface area contributed by atoms with Crippen LogP contribution in [-0.2, 0) is 0 Å². The molecular formula is C12H8BrFN2O2. The predicted molar refractivity (Wildman–Crippen MR) is 68.0 cm³/mol. The zero-order valence-electron chi connectivity index (χ0n) is 9.02. The van der Waals surface area contributed by atoms with Crippen LogP contribution in [0.3, 0.4) is 0 Å². The summed E-state index contributed by atoms with van der Waals surface area (Å²) in [5.41, 5.74) is 0.311. The molecule has 0 saturated heterocycles. The van der Waals surface area contributed by atoms with E-state index in [0.717, 1.165) is 6.07 Å². The van der Waals surface area contributed by atoms with Crippen LogP contribution in [0.4, 0.5) is 10.1 Å². The summed E-state index contributed by atoms with van der Waals surface area (Å²) >= 11 is 3.16. The third-order valence-corrected chi connectivity index (χ3v) is 2.65. The van der Waals surface area contributed by atoms with Gasteiger partial charge >= 0.3 is 0 Å². The number of carbonyl (C=O) groups is 1. The smallest absolute Gasteiger partial charge is 0.258 e. The van der Waals surface area contributed by atoms with Gasteiger partial charge in [-0.1, -0.05) is 0 Å². The number of halogens is 2. The third kappa shape index (κ3) is 2.84. The number of hydrogen-bond donors (Lipinski definition) is 2. The number of benzene rings is 1. The first kappa shape index (κ1) is 12.5. The van der Waals surface area contributed by atoms with E-state index in [1.54, 1.807) is 12.1 Å². The molecule has 0 saturated carbocycles. The molecule has 0 atom stereocenters. The maximum Gasteiger partial charge on any atom is 0.258 e. The molecule has 0 unspecified atom stereocenters. The molecule has 0 aliphatic carbocycles. The molecule has 1 heterocycles. The maximum atomic E-state index is 13.4. The Bertz CT molecular complexity index is 587. The van der Waals surface area contributed by atoms with Crippen molar-refractivity contribution < 1.29 is 14.3 Å². The summed E-state index contributed by atoms with van der Waals surface area (Å²) in [6.45, 7) is 0. The van der Waals surface area contributed by atoms with Gasteiger partial charge in [0.15, 0.2) is 0 Å². The predicted octanol–water partition coefficient (Wildman–Crippen LogP) is 2.94. The van der Waals surface area contributed by atoms with E-state index in [1.807, 2.05) is 0 Å². The van der Waals surface area contributed by atoms with Crippen molar-refractivity contribution in [2.75, 3.05) is 5.32 Å². The Morgan fingerprint density at radius 2 is 2.11 bits per heavy atom. The number of amides is 1. The number of hydrogen-bond acceptors (Lipinski definition) is 3. The third-order valence-electron chi connectivity index (χ3n) is 2.18. The number of rotatable bonds is 2. The minimum Gasteiger partial charge on any atom is -0.508 e. The van der Waals surface area contributed by atoms with Crippen molar-refractivity contribution in [3.8, 4) is 5.75 Å². The Balaban J connectivity index is 2.19. The first-order valence-electron chi connectivity index (χ1n) is 4.97. The quantitative estimate of drug-likeness (QED) is 0.838. The van der Waals surface area contributed by atoms with Crippen LogP contribution in [0, 0.1) is 5.82 Å². The average Bonchev–Trinajstić information content (AvgIpc) is 2.32. The van der Waals surface area contributed by atoms with Gasteiger partial charge in [-0.15, -0.1) is 0 Å². The van der Waals surface area contributed by atoms with Crippen molar-refractivity contribution in [2.24, 2.45) is 0 Å². The molecule has 1 aromatic carbocycles. The Labute approximate surface area is 111 Å². The van der Waals surface area contributed by atoms with Gasteiger partial charge in [0.05, 0.1) is 17.4 Å². The topological polar surface area (TPSA) is 62.2 Å². The van der Waals surface area contributed by atoms with Crippen LogP contribution < -0.4 is 5.32 Å². The fraction of sp³-hybridized carbons (Fsp3) is 0. The highest BCUT2D eigenvalue weighted by atomic mass is 79.9. The summed E-state index contributed by atoms with van der Waals surface area (Å²) in [4.78, 5) is 15.7. The molecule has 4 nitrogen and oxygen atoms in total. The molecule has 2 aromatic rings. The maximum absolute atomic E-state index is 13.4. The number of nitrogens with one attached hydrogen (secondary N) is 1. The molecule has 2 rings (SSSR count). The van der Waals surface area contributed by atoms with Gasteiger partial charge < -0.3 is 10.4 Å². The SMILES string of the molecule is O=C(Nc1ccc(Br)nc1)c1ccc(O)cc1F. The van der Waals surface area contributed by atoms with Crippen LogP contribution in [0.15, 0.2) is 41.1 Å². The summed E-state index contributed by atoms with van der Waals surface area (Å²) in [7, 11) is 0. The zero-order valence-corrected chi connectivity index (χ0v) is 10.6. The first-order chi connectivity index (χ1) is 8.56. The standard InChI is InChI=1S/C12H8BrFN2O2/c13-11-4-1-7(6-15-11)16-12(18)9-3-2-8(17)5-10(9)14/h1-6,17H,(H,16,18). The fourth-order valence-corrected chi connectivity index (χ4v) is 1.57. The Kier molecular flexibility index (Phi) is 3.57. The van der Waals surface area contributed by atoms with E-state index < -0.39 is 11.7 Å². The summed E-state index contributed by atoms with van der Waals surface area (Å²) in [5.74, 6) is -1.61. The molecule has 0 aliphatic heterocycles. The van der Waals surface area contributed by atoms with Gasteiger partial charge in [0, 0.05) is 6.07 Å². The van der Waals surface area contributed by atoms with E-state index in [2.05, 4.69) is 26.2 Å². The zero-order chi connectivity index (χ0) is 13.1. The van der Waals surface area contributed by atoms with E-state index >= 15 is 0 Å². The Hall–Kier alpha value is -1.95. The lowest BCUT2D eigenvalue weighted by Gasteiger charge is -2.06. The first-order valence-corrected chi connectivity index (χ1v) is 5.77. The van der Waals surface area contributed by atoms with Gasteiger partial charge in [0.25, 0.3) is 5.91 Å². The van der Waals surface area contributed by atoms with Crippen LogP contribution >= 0.6 is 15.9 Å². The molecular weight excluding hydrogens is 303 g/mol. The van der Waals surface area contributed by atoms with Gasteiger partial charge in [-0.3, -0.25) is 4.79 Å². The number of pyridine rings is 1. The molecule has 0 spiro atoms. The lowest BCUT2D eigenvalue weighted by Crippen LogP contribution is -2.13. The highest BCUT2D eigenvalue weighted by molar-refractivity contribution is 9.10. The van der Waals surface area contributed by atoms with Crippen LogP contribution in [0.2, 0.25) is 0 Å². The van der Waals surface area contributed by atoms with E-state index in [1.165, 1.54) is 18.3 Å². The van der Waals surface area contributed by atoms with Crippen molar-refractivity contribution >= 4 is 27.5 Å². The van der Waals surface area contributed by atoms with Crippen LogP contribution in [0.5, 0.6) is 5.75 Å². The highest BCUT2D eigenvalue weighted by Gasteiger charge is 2.12. The molecule has 6 heteroatoms. The van der Waals surface area contributed by atoms with Crippen LogP contribution in [-0.4, -0.2) is 16.0 Å². The van der Waals surface area contributed by atoms with E-state index in [4.69, 9.17) is 5.11 Å². The molecule has 1 amide bonds. The summed E-state index contributed by atoms with van der Waals surface area (Å²) in [6, 6.07) is 6.63. The lowest BCUT2D eigenvalue weighted by atomic mass is 10.2. The fourth-order valence-electron chi connectivity index (χ4n) is 1.34. The van der Waals surface area contributed by atoms with Crippen molar-refractivity contribution in [1.82, 2.24) is 4.98 Å². The number of nitrogens with zero attached hydrogens (tertiary/aromatic N) is 1. The minimum atomic E-state index is -0.780. The summed E-state index contributed by atoms with van der Waals surface area (Å²) in [6.07, 6.45) is 1.44. The normalized spacial score (nSPS) is 10.1. The molecule has 1 aromatic heterocycles. The summed E-state index contributed by atoms with van der Waals surface area (Å²) < 4.78 is 14.1. The largest absolute Gasteiger partial charge is 0.508 e. The summed E-state index contributed by atoms with van der Waals surface area (Å²) in [5, 5.41) is 11.6. The van der Waals surface area contributed by atoms with Gasteiger partial charge in [-0.2, -0.15) is 0 Å². The molecule has 2 N–H and O–H groups in total. The van der Waals surface area contributed by atoms with Crippen molar-refractivity contribution in [1.29, 1.82) is 0 Å². The second kappa shape index (κ2) is 5.14. The number of aromatic nitrogens is 1. The average molecular weight is 311 g/mol. The molecule has 0 bridgehead atoms. The second-order valence-electron chi connectivity index (χ2n) is 3.49. The van der Waals surface area contributed by atoms with Crippen molar-refractivity contribution in [3.63, 3.8) is 0 Å². The van der Waals surface area contributed by atoms with Crippen molar-refractivity contribution in [2.45, 2.75) is 0 Å². The molecule has 92 valence electrons. The van der Waals surface area contributed by atoms with E-state index in [0.29, 0.717) is 10.3 Å². The van der Waals surface area contributed by atoms with Crippen molar-refractivity contribution in [3.05, 3.63) is 52.5 Å². The molecule has 0 fully saturated rings. The van der Waals surface area contributed by atoms with E-state index in [-0.39, 0.29) is 11.3 Å². The van der Waals surface area contributed by atoms with Gasteiger partial charge in [0.1, 0.15) is 16.2 Å². The monoisotopic (exact) mass is 310 g/mol.